The van der Waals surface area contributed by atoms with Crippen molar-refractivity contribution in [2.75, 3.05) is 6.54 Å². The molecule has 2 N–H and O–H groups in total. The first-order valence-corrected chi connectivity index (χ1v) is 7.61. The number of benzene rings is 1. The summed E-state index contributed by atoms with van der Waals surface area (Å²) < 4.78 is 0. The van der Waals surface area contributed by atoms with Gasteiger partial charge in [0, 0.05) is 36.6 Å². The third-order valence-corrected chi connectivity index (χ3v) is 3.28. The zero-order chi connectivity index (χ0) is 16.7. The van der Waals surface area contributed by atoms with Crippen molar-refractivity contribution in [3.63, 3.8) is 0 Å². The van der Waals surface area contributed by atoms with Gasteiger partial charge in [-0.05, 0) is 47.9 Å². The van der Waals surface area contributed by atoms with E-state index in [1.807, 2.05) is 26.0 Å². The number of carbonyl (C=O) groups is 2. The molecule has 0 saturated heterocycles. The fourth-order valence-corrected chi connectivity index (χ4v) is 1.96. The van der Waals surface area contributed by atoms with Crippen LogP contribution in [0.1, 0.15) is 40.1 Å². The van der Waals surface area contributed by atoms with Gasteiger partial charge in [-0.15, -0.1) is 0 Å². The molecule has 5 nitrogen and oxygen atoms in total. The average molecular weight is 311 g/mol. The van der Waals surface area contributed by atoms with Gasteiger partial charge in [-0.2, -0.15) is 0 Å². The molecule has 0 saturated carbocycles. The Morgan fingerprint density at radius 3 is 1.96 bits per heavy atom. The molecule has 0 fully saturated rings. The molecule has 5 heteroatoms. The third-order valence-electron chi connectivity index (χ3n) is 3.28. The first-order valence-electron chi connectivity index (χ1n) is 7.61. The summed E-state index contributed by atoms with van der Waals surface area (Å²) in [6.07, 6.45) is 3.37. The summed E-state index contributed by atoms with van der Waals surface area (Å²) in [5.74, 6) is 0.107. The van der Waals surface area contributed by atoms with Gasteiger partial charge in [0.15, 0.2) is 0 Å². The Morgan fingerprint density at radius 2 is 1.43 bits per heavy atom. The largest absolute Gasteiger partial charge is 0.352 e. The number of aromatic nitrogens is 1. The Hall–Kier alpha value is -2.69. The van der Waals surface area contributed by atoms with Crippen LogP contribution >= 0.6 is 0 Å². The van der Waals surface area contributed by atoms with Crippen LogP contribution in [0.4, 0.5) is 0 Å². The second-order valence-corrected chi connectivity index (χ2v) is 5.72. The van der Waals surface area contributed by atoms with E-state index in [1.54, 1.807) is 36.7 Å². The van der Waals surface area contributed by atoms with Crippen LogP contribution in [-0.4, -0.2) is 23.3 Å². The summed E-state index contributed by atoms with van der Waals surface area (Å²) in [6, 6.07) is 10.3. The van der Waals surface area contributed by atoms with Crippen molar-refractivity contribution in [2.45, 2.75) is 20.4 Å². The molecule has 2 amide bonds. The minimum absolute atomic E-state index is 0.123. The summed E-state index contributed by atoms with van der Waals surface area (Å²) in [5, 5.41) is 5.69. The smallest absolute Gasteiger partial charge is 0.251 e. The number of nitrogens with one attached hydrogen (secondary N) is 2. The molecule has 0 aliphatic carbocycles. The molecule has 23 heavy (non-hydrogen) atoms. The molecule has 0 spiro atoms. The van der Waals surface area contributed by atoms with Crippen molar-refractivity contribution >= 4 is 11.8 Å². The van der Waals surface area contributed by atoms with Crippen LogP contribution in [0.2, 0.25) is 0 Å². The molecule has 2 aromatic rings. The lowest BCUT2D eigenvalue weighted by atomic mass is 10.1. The number of pyridine rings is 1. The standard InChI is InChI=1S/C18H21N3O2/c1-13(2)11-20-17(22)15-3-5-16(6-4-15)18(23)21-12-14-7-9-19-10-8-14/h3-10,13H,11-12H2,1-2H3,(H,20,22)(H,21,23). The van der Waals surface area contributed by atoms with E-state index in [1.165, 1.54) is 0 Å². The van der Waals surface area contributed by atoms with E-state index in [9.17, 15) is 9.59 Å². The van der Waals surface area contributed by atoms with Crippen molar-refractivity contribution in [2.24, 2.45) is 5.92 Å². The van der Waals surface area contributed by atoms with E-state index >= 15 is 0 Å². The van der Waals surface area contributed by atoms with Gasteiger partial charge < -0.3 is 10.6 Å². The molecule has 0 unspecified atom stereocenters. The van der Waals surface area contributed by atoms with Crippen molar-refractivity contribution in [3.8, 4) is 0 Å². The van der Waals surface area contributed by atoms with Crippen LogP contribution in [0.15, 0.2) is 48.8 Å². The maximum atomic E-state index is 12.1. The van der Waals surface area contributed by atoms with Gasteiger partial charge >= 0.3 is 0 Å². The fraction of sp³-hybridized carbons (Fsp3) is 0.278. The molecular formula is C18H21N3O2. The van der Waals surface area contributed by atoms with Crippen LogP contribution in [0, 0.1) is 5.92 Å². The second kappa shape index (κ2) is 8.08. The molecule has 1 heterocycles. The molecule has 1 aromatic carbocycles. The van der Waals surface area contributed by atoms with Crippen LogP contribution in [-0.2, 0) is 6.54 Å². The van der Waals surface area contributed by atoms with Gasteiger partial charge in [0.2, 0.25) is 0 Å². The fourth-order valence-electron chi connectivity index (χ4n) is 1.96. The quantitative estimate of drug-likeness (QED) is 0.860. The topological polar surface area (TPSA) is 71.1 Å². The lowest BCUT2D eigenvalue weighted by molar-refractivity contribution is 0.0938. The predicted molar refractivity (Wildman–Crippen MR) is 89.0 cm³/mol. The van der Waals surface area contributed by atoms with Gasteiger partial charge in [-0.3, -0.25) is 14.6 Å². The Morgan fingerprint density at radius 1 is 0.913 bits per heavy atom. The lowest BCUT2D eigenvalue weighted by Gasteiger charge is -2.08. The Kier molecular flexibility index (Phi) is 5.86. The highest BCUT2D eigenvalue weighted by Gasteiger charge is 2.09. The number of hydrogen-bond donors (Lipinski definition) is 2. The second-order valence-electron chi connectivity index (χ2n) is 5.72. The van der Waals surface area contributed by atoms with E-state index in [0.29, 0.717) is 30.1 Å². The van der Waals surface area contributed by atoms with Gasteiger partial charge in [-0.25, -0.2) is 0 Å². The molecule has 0 radical (unpaired) electrons. The minimum Gasteiger partial charge on any atom is -0.352 e. The van der Waals surface area contributed by atoms with Crippen LogP contribution in [0.3, 0.4) is 0 Å². The minimum atomic E-state index is -0.170. The summed E-state index contributed by atoms with van der Waals surface area (Å²) in [4.78, 5) is 27.9. The molecule has 1 aromatic heterocycles. The number of rotatable bonds is 6. The SMILES string of the molecule is CC(C)CNC(=O)c1ccc(C(=O)NCc2ccncc2)cc1. The molecule has 0 aliphatic heterocycles. The van der Waals surface area contributed by atoms with Gasteiger partial charge in [-0.1, -0.05) is 13.8 Å². The van der Waals surface area contributed by atoms with Crippen LogP contribution in [0.5, 0.6) is 0 Å². The molecule has 0 aliphatic rings. The summed E-state index contributed by atoms with van der Waals surface area (Å²) in [5.41, 5.74) is 2.06. The molecule has 120 valence electrons. The van der Waals surface area contributed by atoms with Gasteiger partial charge in [0.05, 0.1) is 0 Å². The summed E-state index contributed by atoms with van der Waals surface area (Å²) in [6.45, 7) is 5.15. The Balaban J connectivity index is 1.91. The first-order chi connectivity index (χ1) is 11.1. The zero-order valence-electron chi connectivity index (χ0n) is 13.4. The van der Waals surface area contributed by atoms with E-state index in [0.717, 1.165) is 5.56 Å². The molecular weight excluding hydrogens is 290 g/mol. The average Bonchev–Trinajstić information content (AvgIpc) is 2.58. The van der Waals surface area contributed by atoms with Crippen molar-refractivity contribution in [1.29, 1.82) is 0 Å². The highest BCUT2D eigenvalue weighted by molar-refractivity contribution is 5.97. The maximum absolute atomic E-state index is 12.1. The third kappa shape index (κ3) is 5.21. The molecule has 0 bridgehead atoms. The van der Waals surface area contributed by atoms with E-state index in [-0.39, 0.29) is 11.8 Å². The van der Waals surface area contributed by atoms with Gasteiger partial charge in [0.25, 0.3) is 11.8 Å². The predicted octanol–water partition coefficient (Wildman–Crippen LogP) is 2.40. The number of carbonyl (C=O) groups excluding carboxylic acids is 2. The Labute approximate surface area is 136 Å². The molecule has 2 rings (SSSR count). The Bertz CT molecular complexity index is 652. The number of amides is 2. The monoisotopic (exact) mass is 311 g/mol. The van der Waals surface area contributed by atoms with E-state index in [2.05, 4.69) is 15.6 Å². The first kappa shape index (κ1) is 16.7. The summed E-state index contributed by atoms with van der Waals surface area (Å²) >= 11 is 0. The van der Waals surface area contributed by atoms with E-state index in [4.69, 9.17) is 0 Å². The summed E-state index contributed by atoms with van der Waals surface area (Å²) in [7, 11) is 0. The van der Waals surface area contributed by atoms with Crippen molar-refractivity contribution in [3.05, 3.63) is 65.5 Å². The van der Waals surface area contributed by atoms with E-state index < -0.39 is 0 Å². The van der Waals surface area contributed by atoms with Crippen LogP contribution < -0.4 is 10.6 Å². The number of nitrogens with zero attached hydrogens (tertiary/aromatic N) is 1. The molecule has 0 atom stereocenters. The van der Waals surface area contributed by atoms with Crippen LogP contribution in [0.25, 0.3) is 0 Å². The van der Waals surface area contributed by atoms with Crippen molar-refractivity contribution < 1.29 is 9.59 Å². The zero-order valence-corrected chi connectivity index (χ0v) is 13.4. The van der Waals surface area contributed by atoms with Crippen molar-refractivity contribution in [1.82, 2.24) is 15.6 Å². The number of hydrogen-bond acceptors (Lipinski definition) is 3. The highest BCUT2D eigenvalue weighted by Crippen LogP contribution is 2.06. The highest BCUT2D eigenvalue weighted by atomic mass is 16.2. The maximum Gasteiger partial charge on any atom is 0.251 e. The lowest BCUT2D eigenvalue weighted by Crippen LogP contribution is -2.27. The normalized spacial score (nSPS) is 10.4. The van der Waals surface area contributed by atoms with Gasteiger partial charge in [0.1, 0.15) is 0 Å².